The Morgan fingerprint density at radius 1 is 1.36 bits per heavy atom. The molecule has 0 unspecified atom stereocenters. The number of aryl methyl sites for hydroxylation is 1. The van der Waals surface area contributed by atoms with Crippen molar-refractivity contribution in [3.05, 3.63) is 12.5 Å². The number of amides is 1. The van der Waals surface area contributed by atoms with Gasteiger partial charge in [-0.3, -0.25) is 9.48 Å². The molecule has 2 fully saturated rings. The molecule has 7 heteroatoms. The average Bonchev–Trinajstić information content (AvgIpc) is 3.43. The molecular formula is C15H19N5OS. The number of fused-ring (bicyclic) bond motifs is 1. The second kappa shape index (κ2) is 5.53. The number of carbonyl (C=O) groups excluding carboxylic acids is 1. The molecule has 2 aromatic heterocycles. The van der Waals surface area contributed by atoms with Gasteiger partial charge in [0.05, 0.1) is 17.3 Å². The van der Waals surface area contributed by atoms with Crippen molar-refractivity contribution >= 4 is 28.7 Å². The standard InChI is InChI=1S/C15H19N5OS/c1-20-14-11(6-18-20)15(17-8-16-14)22-7-12(21)19-13(9-2-3-9)10-4-5-10/h6,8-10,13H,2-5,7H2,1H3,(H,19,21). The molecule has 0 atom stereocenters. The highest BCUT2D eigenvalue weighted by molar-refractivity contribution is 8.00. The molecule has 2 aliphatic carbocycles. The normalized spacial score (nSPS) is 18.1. The third-order valence-electron chi connectivity index (χ3n) is 4.42. The van der Waals surface area contributed by atoms with Gasteiger partial charge in [-0.15, -0.1) is 0 Å². The van der Waals surface area contributed by atoms with E-state index < -0.39 is 0 Å². The Balaban J connectivity index is 1.39. The first kappa shape index (κ1) is 14.0. The van der Waals surface area contributed by atoms with Crippen LogP contribution in [0.5, 0.6) is 0 Å². The van der Waals surface area contributed by atoms with Crippen molar-refractivity contribution in [3.63, 3.8) is 0 Å². The van der Waals surface area contributed by atoms with Crippen LogP contribution in [0.2, 0.25) is 0 Å². The summed E-state index contributed by atoms with van der Waals surface area (Å²) in [6.45, 7) is 0. The van der Waals surface area contributed by atoms with Gasteiger partial charge in [-0.1, -0.05) is 11.8 Å². The first-order valence-electron chi connectivity index (χ1n) is 7.77. The molecule has 2 aliphatic rings. The van der Waals surface area contributed by atoms with E-state index in [0.717, 1.165) is 27.9 Å². The maximum atomic E-state index is 12.2. The molecule has 4 rings (SSSR count). The van der Waals surface area contributed by atoms with Crippen LogP contribution in [0.3, 0.4) is 0 Å². The number of hydrogen-bond acceptors (Lipinski definition) is 5. The summed E-state index contributed by atoms with van der Waals surface area (Å²) in [5.41, 5.74) is 0.798. The van der Waals surface area contributed by atoms with Crippen molar-refractivity contribution < 1.29 is 4.79 Å². The maximum Gasteiger partial charge on any atom is 0.230 e. The lowest BCUT2D eigenvalue weighted by Crippen LogP contribution is -2.39. The van der Waals surface area contributed by atoms with E-state index in [0.29, 0.717) is 11.8 Å². The van der Waals surface area contributed by atoms with Gasteiger partial charge in [0.25, 0.3) is 0 Å². The molecule has 0 saturated heterocycles. The molecule has 2 aromatic rings. The van der Waals surface area contributed by atoms with E-state index in [2.05, 4.69) is 20.4 Å². The number of carbonyl (C=O) groups is 1. The number of hydrogen-bond donors (Lipinski definition) is 1. The lowest BCUT2D eigenvalue weighted by molar-refractivity contribution is -0.119. The number of aromatic nitrogens is 4. The third-order valence-corrected chi connectivity index (χ3v) is 5.43. The zero-order chi connectivity index (χ0) is 15.1. The Morgan fingerprint density at radius 3 is 2.77 bits per heavy atom. The zero-order valence-electron chi connectivity index (χ0n) is 12.5. The van der Waals surface area contributed by atoms with Crippen molar-refractivity contribution in [3.8, 4) is 0 Å². The molecule has 116 valence electrons. The predicted octanol–water partition coefficient (Wildman–Crippen LogP) is 1.76. The average molecular weight is 317 g/mol. The van der Waals surface area contributed by atoms with Gasteiger partial charge < -0.3 is 5.32 Å². The summed E-state index contributed by atoms with van der Waals surface area (Å²) < 4.78 is 1.72. The first-order chi connectivity index (χ1) is 10.7. The predicted molar refractivity (Wildman–Crippen MR) is 84.4 cm³/mol. The van der Waals surface area contributed by atoms with Crippen molar-refractivity contribution in [1.29, 1.82) is 0 Å². The summed E-state index contributed by atoms with van der Waals surface area (Å²) >= 11 is 1.46. The SMILES string of the molecule is Cn1ncc2c(SCC(=O)NC(C3CC3)C3CC3)ncnc21. The maximum absolute atomic E-state index is 12.2. The molecule has 0 bridgehead atoms. The van der Waals surface area contributed by atoms with Gasteiger partial charge in [0.15, 0.2) is 5.65 Å². The zero-order valence-corrected chi connectivity index (χ0v) is 13.3. The van der Waals surface area contributed by atoms with Gasteiger partial charge in [0, 0.05) is 13.1 Å². The van der Waals surface area contributed by atoms with E-state index in [1.807, 2.05) is 7.05 Å². The monoisotopic (exact) mass is 317 g/mol. The minimum atomic E-state index is 0.115. The largest absolute Gasteiger partial charge is 0.352 e. The molecular weight excluding hydrogens is 298 g/mol. The van der Waals surface area contributed by atoms with Crippen molar-refractivity contribution in [2.24, 2.45) is 18.9 Å². The molecule has 2 heterocycles. The lowest BCUT2D eigenvalue weighted by Gasteiger charge is -2.17. The van der Waals surface area contributed by atoms with Crippen LogP contribution in [-0.4, -0.2) is 37.5 Å². The van der Waals surface area contributed by atoms with Gasteiger partial charge in [-0.25, -0.2) is 9.97 Å². The number of nitrogens with one attached hydrogen (secondary N) is 1. The Morgan fingerprint density at radius 2 is 2.09 bits per heavy atom. The fourth-order valence-corrected chi connectivity index (χ4v) is 3.72. The minimum Gasteiger partial charge on any atom is -0.352 e. The quantitative estimate of drug-likeness (QED) is 0.649. The smallest absolute Gasteiger partial charge is 0.230 e. The van der Waals surface area contributed by atoms with E-state index >= 15 is 0 Å². The van der Waals surface area contributed by atoms with Crippen LogP contribution in [0.25, 0.3) is 11.0 Å². The van der Waals surface area contributed by atoms with Crippen LogP contribution >= 0.6 is 11.8 Å². The molecule has 1 amide bonds. The van der Waals surface area contributed by atoms with E-state index in [1.165, 1.54) is 43.8 Å². The highest BCUT2D eigenvalue weighted by Gasteiger charge is 2.42. The molecule has 0 radical (unpaired) electrons. The van der Waals surface area contributed by atoms with Crippen LogP contribution in [0.1, 0.15) is 25.7 Å². The molecule has 6 nitrogen and oxygen atoms in total. The lowest BCUT2D eigenvalue weighted by atomic mass is 10.1. The summed E-state index contributed by atoms with van der Waals surface area (Å²) in [4.78, 5) is 20.7. The van der Waals surface area contributed by atoms with E-state index in [9.17, 15) is 4.79 Å². The number of nitrogens with zero attached hydrogens (tertiary/aromatic N) is 4. The van der Waals surface area contributed by atoms with E-state index in [-0.39, 0.29) is 5.91 Å². The van der Waals surface area contributed by atoms with Gasteiger partial charge in [0.1, 0.15) is 11.4 Å². The number of rotatable bonds is 6. The first-order valence-corrected chi connectivity index (χ1v) is 8.76. The number of thioether (sulfide) groups is 1. The highest BCUT2D eigenvalue weighted by atomic mass is 32.2. The topological polar surface area (TPSA) is 72.7 Å². The van der Waals surface area contributed by atoms with Gasteiger partial charge in [-0.2, -0.15) is 5.10 Å². The van der Waals surface area contributed by atoms with E-state index in [4.69, 9.17) is 0 Å². The van der Waals surface area contributed by atoms with Crippen molar-refractivity contribution in [2.75, 3.05) is 5.75 Å². The molecule has 0 spiro atoms. The van der Waals surface area contributed by atoms with Crippen LogP contribution in [-0.2, 0) is 11.8 Å². The fourth-order valence-electron chi connectivity index (χ4n) is 2.95. The second-order valence-electron chi connectivity index (χ2n) is 6.24. The molecule has 0 aromatic carbocycles. The molecule has 22 heavy (non-hydrogen) atoms. The summed E-state index contributed by atoms with van der Waals surface area (Å²) in [5, 5.41) is 9.16. The highest BCUT2D eigenvalue weighted by Crippen LogP contribution is 2.44. The van der Waals surface area contributed by atoms with Gasteiger partial charge in [0.2, 0.25) is 5.91 Å². The van der Waals surface area contributed by atoms with Gasteiger partial charge >= 0.3 is 0 Å². The summed E-state index contributed by atoms with van der Waals surface area (Å²) in [7, 11) is 1.85. The Kier molecular flexibility index (Phi) is 3.52. The second-order valence-corrected chi connectivity index (χ2v) is 7.21. The molecule has 2 saturated carbocycles. The van der Waals surface area contributed by atoms with Gasteiger partial charge in [-0.05, 0) is 37.5 Å². The van der Waals surface area contributed by atoms with E-state index in [1.54, 1.807) is 10.9 Å². The summed E-state index contributed by atoms with van der Waals surface area (Å²) in [5.74, 6) is 1.97. The van der Waals surface area contributed by atoms with Crippen LogP contribution in [0.4, 0.5) is 0 Å². The van der Waals surface area contributed by atoms with Crippen LogP contribution < -0.4 is 5.32 Å². The molecule has 0 aliphatic heterocycles. The third kappa shape index (κ3) is 2.82. The minimum absolute atomic E-state index is 0.115. The van der Waals surface area contributed by atoms with Crippen LogP contribution in [0, 0.1) is 11.8 Å². The Bertz CT molecular complexity index is 695. The van der Waals surface area contributed by atoms with Crippen LogP contribution in [0.15, 0.2) is 17.6 Å². The van der Waals surface area contributed by atoms with Crippen molar-refractivity contribution in [2.45, 2.75) is 36.8 Å². The summed E-state index contributed by atoms with van der Waals surface area (Å²) in [6.07, 6.45) is 8.38. The summed E-state index contributed by atoms with van der Waals surface area (Å²) in [6, 6.07) is 0.414. The Labute approximate surface area is 133 Å². The Hall–Kier alpha value is -1.63. The van der Waals surface area contributed by atoms with Crippen molar-refractivity contribution in [1.82, 2.24) is 25.1 Å². The molecule has 1 N–H and O–H groups in total. The fraction of sp³-hybridized carbons (Fsp3) is 0.600.